The Labute approximate surface area is 383 Å². The van der Waals surface area contributed by atoms with Crippen molar-refractivity contribution in [3.05, 3.63) is 0 Å². The van der Waals surface area contributed by atoms with Gasteiger partial charge in [0, 0.05) is 12.6 Å². The summed E-state index contributed by atoms with van der Waals surface area (Å²) >= 11 is 0. The fourth-order valence-corrected chi connectivity index (χ4v) is 19.0. The van der Waals surface area contributed by atoms with Gasteiger partial charge in [-0.3, -0.25) is 0 Å². The molecule has 8 aliphatic carbocycles. The van der Waals surface area contributed by atoms with Crippen LogP contribution in [-0.4, -0.2) is 67.8 Å². The minimum Gasteiger partial charge on any atom is -0.411 e. The van der Waals surface area contributed by atoms with E-state index in [-0.39, 0.29) is 47.7 Å². The maximum atomic E-state index is 11.7. The topological polar surface area (TPSA) is 177 Å². The normalized spacial score (nSPS) is 50.0. The Bertz CT molecular complexity index is 1470. The zero-order valence-corrected chi connectivity index (χ0v) is 41.0. The van der Waals surface area contributed by atoms with Gasteiger partial charge in [-0.25, -0.2) is 5.90 Å². The molecule has 0 aromatic carbocycles. The maximum Gasteiger partial charge on any atom is 0.120 e. The zero-order valence-electron chi connectivity index (χ0n) is 40.2. The van der Waals surface area contributed by atoms with Crippen molar-refractivity contribution >= 4 is 24.9 Å². The molecule has 22 atom stereocenters. The SMILES string of the molecule is CC[C@H]1[C@@H](O)[C@@H]2[C@H](CC[C@]3(C)[C@@H]([C@H](C)CC/C=N/O)CC[C@@H]23)[C@@]2(C)CC[C@@H](O)C[C@@H]12.CC[C@H]1[C@@H](O)[C@@H]2[C@H](CC[C@]3(C)[C@@H]([C@H](C)CCC=O)CC[C@@H]23)[C@@]2(C)CC[C@@H](O)C[C@@H]12.Cl.NO. The molecule has 62 heavy (non-hydrogen) atoms. The number of fused-ring (bicyclic) bond motifs is 10. The third kappa shape index (κ3) is 8.89. The number of rotatable bonds is 10. The van der Waals surface area contributed by atoms with E-state index in [9.17, 15) is 25.2 Å². The largest absolute Gasteiger partial charge is 0.411 e. The Morgan fingerprint density at radius 3 is 1.32 bits per heavy atom. The average Bonchev–Trinajstić information content (AvgIpc) is 3.79. The molecule has 8 saturated carbocycles. The lowest BCUT2D eigenvalue weighted by Gasteiger charge is -2.64. The lowest BCUT2D eigenvalue weighted by atomic mass is 9.41. The first-order chi connectivity index (χ1) is 29.0. The molecule has 0 heterocycles. The van der Waals surface area contributed by atoms with E-state index < -0.39 is 0 Å². The molecule has 8 aliphatic rings. The van der Waals surface area contributed by atoms with Gasteiger partial charge in [-0.1, -0.05) is 68.2 Å². The van der Waals surface area contributed by atoms with E-state index in [1.807, 2.05) is 0 Å². The zero-order chi connectivity index (χ0) is 44.7. The Kier molecular flexibility index (Phi) is 17.7. The van der Waals surface area contributed by atoms with Crippen LogP contribution in [0.2, 0.25) is 0 Å². The van der Waals surface area contributed by atoms with Crippen LogP contribution in [0, 0.1) is 105 Å². The smallest absolute Gasteiger partial charge is 0.120 e. The van der Waals surface area contributed by atoms with Crippen molar-refractivity contribution in [1.82, 2.24) is 0 Å². The second-order valence-electron chi connectivity index (χ2n) is 23.8. The van der Waals surface area contributed by atoms with Crippen molar-refractivity contribution in [3.8, 4) is 0 Å². The summed E-state index contributed by atoms with van der Waals surface area (Å²) in [6.45, 7) is 19.3. The van der Waals surface area contributed by atoms with Crippen LogP contribution in [0.3, 0.4) is 0 Å². The number of carbonyl (C=O) groups is 1. The van der Waals surface area contributed by atoms with Crippen LogP contribution in [0.5, 0.6) is 0 Å². The molecular formula is C52H93ClN2O7. The third-order valence-corrected chi connectivity index (χ3v) is 21.9. The van der Waals surface area contributed by atoms with Crippen molar-refractivity contribution in [1.29, 1.82) is 0 Å². The first-order valence-electron chi connectivity index (χ1n) is 25.6. The monoisotopic (exact) mass is 893 g/mol. The summed E-state index contributed by atoms with van der Waals surface area (Å²) in [6, 6.07) is 0. The lowest BCUT2D eigenvalue weighted by molar-refractivity contribution is -0.203. The number of oxime groups is 1. The van der Waals surface area contributed by atoms with Crippen LogP contribution in [0.1, 0.15) is 184 Å². The number of nitrogens with zero attached hydrogens (tertiary/aromatic N) is 1. The molecular weight excluding hydrogens is 800 g/mol. The summed E-state index contributed by atoms with van der Waals surface area (Å²) < 4.78 is 0. The third-order valence-electron chi connectivity index (χ3n) is 21.9. The molecule has 0 bridgehead atoms. The minimum absolute atomic E-state index is 0. The second-order valence-corrected chi connectivity index (χ2v) is 23.8. The van der Waals surface area contributed by atoms with Crippen molar-refractivity contribution < 1.29 is 35.6 Å². The molecule has 8 rings (SSSR count). The van der Waals surface area contributed by atoms with E-state index >= 15 is 0 Å². The first kappa shape index (κ1) is 52.2. The molecule has 0 aromatic rings. The molecule has 0 unspecified atom stereocenters. The fraction of sp³-hybridized carbons (Fsp3) is 0.962. The molecule has 8 fully saturated rings. The highest BCUT2D eigenvalue weighted by Crippen LogP contribution is 2.71. The molecule has 0 spiro atoms. The molecule has 10 heteroatoms. The number of halogens is 1. The number of aldehydes is 1. The van der Waals surface area contributed by atoms with E-state index in [0.717, 1.165) is 76.9 Å². The molecule has 0 amide bonds. The number of hydrogen-bond acceptors (Lipinski definition) is 9. The number of aliphatic hydroxyl groups is 4. The van der Waals surface area contributed by atoms with Crippen molar-refractivity contribution in [2.24, 2.45) is 116 Å². The molecule has 0 aromatic heterocycles. The van der Waals surface area contributed by atoms with Crippen LogP contribution < -0.4 is 5.90 Å². The highest BCUT2D eigenvalue weighted by atomic mass is 35.5. The quantitative estimate of drug-likeness (QED) is 0.0491. The summed E-state index contributed by atoms with van der Waals surface area (Å²) in [5, 5.41) is 62.7. The molecule has 360 valence electrons. The number of nitrogens with two attached hydrogens (primary N) is 1. The lowest BCUT2D eigenvalue weighted by Crippen LogP contribution is -2.62. The Morgan fingerprint density at radius 1 is 0.581 bits per heavy atom. The van der Waals surface area contributed by atoms with Gasteiger partial charge in [-0.15, -0.1) is 17.6 Å². The van der Waals surface area contributed by atoms with E-state index in [1.165, 1.54) is 51.4 Å². The fourth-order valence-electron chi connectivity index (χ4n) is 19.0. The van der Waals surface area contributed by atoms with Crippen LogP contribution in [0.25, 0.3) is 0 Å². The summed E-state index contributed by atoms with van der Waals surface area (Å²) in [5.41, 5.74) is 1.21. The van der Waals surface area contributed by atoms with Crippen LogP contribution >= 0.6 is 12.4 Å². The summed E-state index contributed by atoms with van der Waals surface area (Å²) in [7, 11) is 0. The van der Waals surface area contributed by atoms with Gasteiger partial charge in [0.15, 0.2) is 0 Å². The number of carbonyl (C=O) groups excluding carboxylic acids is 1. The molecule has 0 aliphatic heterocycles. The Balaban J connectivity index is 0.000000222. The predicted molar refractivity (Wildman–Crippen MR) is 250 cm³/mol. The van der Waals surface area contributed by atoms with Crippen molar-refractivity contribution in [2.75, 3.05) is 0 Å². The van der Waals surface area contributed by atoms with Gasteiger partial charge < -0.3 is 35.6 Å². The maximum absolute atomic E-state index is 11.7. The van der Waals surface area contributed by atoms with Crippen molar-refractivity contribution in [2.45, 2.75) is 208 Å². The van der Waals surface area contributed by atoms with Gasteiger partial charge in [0.1, 0.15) is 6.29 Å². The van der Waals surface area contributed by atoms with E-state index in [2.05, 4.69) is 66.4 Å². The average molecular weight is 894 g/mol. The highest BCUT2D eigenvalue weighted by Gasteiger charge is 2.66. The van der Waals surface area contributed by atoms with E-state index in [1.54, 1.807) is 6.21 Å². The van der Waals surface area contributed by atoms with Crippen LogP contribution in [-0.2, 0) is 4.79 Å². The summed E-state index contributed by atoms with van der Waals surface area (Å²) in [5.74, 6) is 11.1. The Morgan fingerprint density at radius 2 is 0.952 bits per heavy atom. The van der Waals surface area contributed by atoms with Crippen LogP contribution in [0.15, 0.2) is 5.16 Å². The van der Waals surface area contributed by atoms with Gasteiger partial charge in [0.05, 0.1) is 24.4 Å². The second kappa shape index (κ2) is 21.0. The van der Waals surface area contributed by atoms with Gasteiger partial charge in [-0.2, -0.15) is 0 Å². The molecule has 9 nitrogen and oxygen atoms in total. The highest BCUT2D eigenvalue weighted by molar-refractivity contribution is 5.85. The first-order valence-corrected chi connectivity index (χ1v) is 25.6. The minimum atomic E-state index is -0.206. The van der Waals surface area contributed by atoms with Crippen LogP contribution in [0.4, 0.5) is 0 Å². The Hall–Kier alpha value is -0.810. The van der Waals surface area contributed by atoms with Gasteiger partial charge in [-0.05, 0) is 214 Å². The van der Waals surface area contributed by atoms with E-state index in [0.29, 0.717) is 100 Å². The van der Waals surface area contributed by atoms with Gasteiger partial charge in [0.25, 0.3) is 0 Å². The molecule has 0 saturated heterocycles. The standard InChI is InChI=1S/C26H45NO3.C26H44O3.ClH.H3NO/c1-5-18-22-15-17(28)10-12-26(22,4)21-11-13-25(3)19(16(2)7-6-14-27-30)8-9-20(25)23(21)24(18)29;1-5-18-22-15-17(28)10-12-26(22,4)21-11-13-25(3)19(16(2)7-6-14-27)8-9-20(25)23(21)24(18)29;;1-2/h14,16-24,28-30H,5-13,15H2,1-4H3;14,16-24,28-29H,5-13,15H2,1-4H3;1H;2H,1H2/b27-14+;;;/t2*16-,17-,18-,19-,20+,21+,22+,23+,24-,25-,26-;;/m11../s1. The molecule has 8 N–H and O–H groups in total. The van der Waals surface area contributed by atoms with Gasteiger partial charge in [0.2, 0.25) is 0 Å². The summed E-state index contributed by atoms with van der Waals surface area (Å²) in [4.78, 5) is 10.9. The van der Waals surface area contributed by atoms with Gasteiger partial charge >= 0.3 is 0 Å². The molecule has 0 radical (unpaired) electrons. The summed E-state index contributed by atoms with van der Waals surface area (Å²) in [6.07, 6.45) is 23.7. The number of hydrogen-bond donors (Lipinski definition) is 7. The number of aliphatic hydroxyl groups excluding tert-OH is 4. The van der Waals surface area contributed by atoms with Crippen molar-refractivity contribution in [3.63, 3.8) is 0 Å². The van der Waals surface area contributed by atoms with E-state index in [4.69, 9.17) is 10.4 Å². The predicted octanol–water partition coefficient (Wildman–Crippen LogP) is 10.5.